The zero-order valence-corrected chi connectivity index (χ0v) is 21.6. The predicted molar refractivity (Wildman–Crippen MR) is 135 cm³/mol. The van der Waals surface area contributed by atoms with Crippen molar-refractivity contribution in [1.29, 1.82) is 0 Å². The van der Waals surface area contributed by atoms with E-state index in [2.05, 4.69) is 4.74 Å². The maximum atomic E-state index is 14.9. The first-order valence-electron chi connectivity index (χ1n) is 12.5. The summed E-state index contributed by atoms with van der Waals surface area (Å²) in [5.41, 5.74) is 0.534. The molecule has 11 heteroatoms. The van der Waals surface area contributed by atoms with E-state index in [1.807, 2.05) is 0 Å². The lowest BCUT2D eigenvalue weighted by Gasteiger charge is -2.30. The van der Waals surface area contributed by atoms with Crippen LogP contribution in [0.2, 0.25) is 0 Å². The van der Waals surface area contributed by atoms with Crippen molar-refractivity contribution in [2.75, 3.05) is 13.2 Å². The van der Waals surface area contributed by atoms with Crippen LogP contribution in [0.3, 0.4) is 0 Å². The van der Waals surface area contributed by atoms with E-state index < -0.39 is 47.5 Å². The van der Waals surface area contributed by atoms with Crippen molar-refractivity contribution in [2.45, 2.75) is 38.3 Å². The summed E-state index contributed by atoms with van der Waals surface area (Å²) in [6, 6.07) is 10.9. The highest BCUT2D eigenvalue weighted by Crippen LogP contribution is 2.36. The zero-order chi connectivity index (χ0) is 29.7. The smallest absolute Gasteiger partial charge is 0.399 e. The van der Waals surface area contributed by atoms with E-state index in [1.54, 1.807) is 31.2 Å². The van der Waals surface area contributed by atoms with Crippen molar-refractivity contribution in [3.63, 3.8) is 0 Å². The Kier molecular flexibility index (Phi) is 9.49. The fraction of sp³-hybridized carbons (Fsp3) is 0.267. The number of rotatable bonds is 8. The third-order valence-corrected chi connectivity index (χ3v) is 6.33. The van der Waals surface area contributed by atoms with Crippen LogP contribution in [0.25, 0.3) is 17.0 Å². The van der Waals surface area contributed by atoms with E-state index in [-0.39, 0.29) is 47.8 Å². The Balaban J connectivity index is 1.41. The number of hydrogen-bond donors (Lipinski definition) is 0. The highest BCUT2D eigenvalue weighted by Gasteiger charge is 2.34. The van der Waals surface area contributed by atoms with Crippen molar-refractivity contribution in [1.82, 2.24) is 0 Å². The minimum absolute atomic E-state index is 0.0395. The fourth-order valence-electron chi connectivity index (χ4n) is 4.27. The summed E-state index contributed by atoms with van der Waals surface area (Å²) in [7, 11) is 0. The molecular weight excluding hydrogens is 560 g/mol. The van der Waals surface area contributed by atoms with Crippen LogP contribution in [0.15, 0.2) is 72.6 Å². The molecule has 41 heavy (non-hydrogen) atoms. The lowest BCUT2D eigenvalue weighted by Crippen LogP contribution is -2.25. The number of benzene rings is 3. The van der Waals surface area contributed by atoms with Gasteiger partial charge in [-0.1, -0.05) is 48.6 Å². The first-order chi connectivity index (χ1) is 19.5. The third-order valence-electron chi connectivity index (χ3n) is 6.33. The molecule has 3 nitrogen and oxygen atoms in total. The van der Waals surface area contributed by atoms with E-state index >= 15 is 0 Å². The second-order valence-corrected chi connectivity index (χ2v) is 9.20. The lowest BCUT2D eigenvalue weighted by molar-refractivity contribution is -0.276. The van der Waals surface area contributed by atoms with Crippen LogP contribution in [-0.2, 0) is 9.47 Å². The molecule has 0 unspecified atom stereocenters. The monoisotopic (exact) mass is 584 g/mol. The van der Waals surface area contributed by atoms with Gasteiger partial charge in [-0.15, -0.1) is 13.2 Å². The van der Waals surface area contributed by atoms with Crippen LogP contribution < -0.4 is 4.74 Å². The van der Waals surface area contributed by atoms with Gasteiger partial charge in [-0.3, -0.25) is 0 Å². The van der Waals surface area contributed by atoms with Crippen LogP contribution in [0, 0.1) is 17.5 Å². The Morgan fingerprint density at radius 2 is 1.49 bits per heavy atom. The van der Waals surface area contributed by atoms with Crippen molar-refractivity contribution in [3.8, 4) is 16.9 Å². The molecule has 1 aliphatic heterocycles. The van der Waals surface area contributed by atoms with E-state index in [9.17, 15) is 35.1 Å². The number of hydrogen-bond acceptors (Lipinski definition) is 3. The maximum absolute atomic E-state index is 14.9. The van der Waals surface area contributed by atoms with Crippen LogP contribution in [-0.4, -0.2) is 19.6 Å². The van der Waals surface area contributed by atoms with Crippen LogP contribution >= 0.6 is 0 Å². The third kappa shape index (κ3) is 7.53. The van der Waals surface area contributed by atoms with Gasteiger partial charge in [0, 0.05) is 29.0 Å². The van der Waals surface area contributed by atoms with Crippen molar-refractivity contribution in [2.24, 2.45) is 0 Å². The molecule has 218 valence electrons. The molecule has 0 bridgehead atoms. The van der Waals surface area contributed by atoms with Gasteiger partial charge in [-0.25, -0.2) is 22.0 Å². The second-order valence-electron chi connectivity index (χ2n) is 9.20. The standard InChI is InChI=1S/C30H24F8O3/c1-2-3-4-5-23(31)27(35)18-8-6-17(7-9-18)21-15-39-29(40-16-21)19-10-11-22(24(32)12-19)20-13-25(33)28(26(34)14-20)41-30(36,37)38/h2-3,6-14,21,29H,4-5,15-16H2,1H3. The van der Waals surface area contributed by atoms with Crippen molar-refractivity contribution >= 4 is 5.83 Å². The van der Waals surface area contributed by atoms with Gasteiger partial charge in [0.2, 0.25) is 5.75 Å². The van der Waals surface area contributed by atoms with Gasteiger partial charge >= 0.3 is 6.36 Å². The van der Waals surface area contributed by atoms with Gasteiger partial charge in [-0.05, 0) is 42.7 Å². The molecule has 0 saturated carbocycles. The molecule has 3 aromatic carbocycles. The van der Waals surface area contributed by atoms with Gasteiger partial charge in [0.1, 0.15) is 11.6 Å². The SMILES string of the molecule is CC=CCCC(F)=C(F)c1ccc(C2COC(c3ccc(-c4cc(F)c(OC(F)(F)F)c(F)c4)c(F)c3)OC2)cc1. The van der Waals surface area contributed by atoms with Gasteiger partial charge < -0.3 is 14.2 Å². The van der Waals surface area contributed by atoms with Crippen molar-refractivity contribution < 1.29 is 49.3 Å². The quantitative estimate of drug-likeness (QED) is 0.195. The number of alkyl halides is 3. The number of ether oxygens (including phenoxy) is 3. The summed E-state index contributed by atoms with van der Waals surface area (Å²) in [5, 5.41) is 0. The van der Waals surface area contributed by atoms with Crippen LogP contribution in [0.5, 0.6) is 5.75 Å². The average Bonchev–Trinajstić information content (AvgIpc) is 2.94. The zero-order valence-electron chi connectivity index (χ0n) is 21.6. The summed E-state index contributed by atoms with van der Waals surface area (Å²) in [6.07, 6.45) is -2.41. The molecule has 1 fully saturated rings. The van der Waals surface area contributed by atoms with Crippen LogP contribution in [0.1, 0.15) is 48.7 Å². The average molecular weight is 585 g/mol. The first kappa shape index (κ1) is 30.3. The second kappa shape index (κ2) is 12.9. The Morgan fingerprint density at radius 1 is 0.878 bits per heavy atom. The Morgan fingerprint density at radius 3 is 2.05 bits per heavy atom. The van der Waals surface area contributed by atoms with Gasteiger partial charge in [0.05, 0.1) is 13.2 Å². The maximum Gasteiger partial charge on any atom is 0.573 e. The molecule has 0 spiro atoms. The molecule has 0 N–H and O–H groups in total. The molecular formula is C30H24F8O3. The van der Waals surface area contributed by atoms with Gasteiger partial charge in [0.15, 0.2) is 23.8 Å². The highest BCUT2D eigenvalue weighted by molar-refractivity contribution is 5.66. The topological polar surface area (TPSA) is 27.7 Å². The Bertz CT molecular complexity index is 1400. The fourth-order valence-corrected chi connectivity index (χ4v) is 4.27. The molecule has 0 atom stereocenters. The molecule has 0 radical (unpaired) electrons. The Hall–Kier alpha value is -3.70. The van der Waals surface area contributed by atoms with E-state index in [1.165, 1.54) is 24.3 Å². The summed E-state index contributed by atoms with van der Waals surface area (Å²) in [5.74, 6) is -7.83. The number of halogens is 8. The number of allylic oxidation sites excluding steroid dienone is 3. The summed E-state index contributed by atoms with van der Waals surface area (Å²) >= 11 is 0. The van der Waals surface area contributed by atoms with E-state index in [4.69, 9.17) is 9.47 Å². The molecule has 1 heterocycles. The molecule has 0 amide bonds. The molecule has 0 aliphatic carbocycles. The predicted octanol–water partition coefficient (Wildman–Crippen LogP) is 9.46. The molecule has 0 aromatic heterocycles. The van der Waals surface area contributed by atoms with Gasteiger partial charge in [-0.2, -0.15) is 0 Å². The normalized spacial score (nSPS) is 18.5. The van der Waals surface area contributed by atoms with Gasteiger partial charge in [0.25, 0.3) is 0 Å². The largest absolute Gasteiger partial charge is 0.573 e. The molecule has 4 rings (SSSR count). The first-order valence-corrected chi connectivity index (χ1v) is 12.5. The van der Waals surface area contributed by atoms with Crippen molar-refractivity contribution in [3.05, 3.63) is 107 Å². The highest BCUT2D eigenvalue weighted by atomic mass is 19.4. The van der Waals surface area contributed by atoms with Crippen LogP contribution in [0.4, 0.5) is 35.1 Å². The van der Waals surface area contributed by atoms with E-state index in [0.29, 0.717) is 18.6 Å². The minimum atomic E-state index is -5.31. The summed E-state index contributed by atoms with van der Waals surface area (Å²) < 4.78 is 123. The van der Waals surface area contributed by atoms with E-state index in [0.717, 1.165) is 11.6 Å². The molecule has 1 saturated heterocycles. The Labute approximate surface area is 230 Å². The molecule has 1 aliphatic rings. The summed E-state index contributed by atoms with van der Waals surface area (Å²) in [4.78, 5) is 0. The molecule has 3 aromatic rings. The summed E-state index contributed by atoms with van der Waals surface area (Å²) in [6.45, 7) is 2.13. The minimum Gasteiger partial charge on any atom is -0.399 e. The lowest BCUT2D eigenvalue weighted by atomic mass is 9.98.